The van der Waals surface area contributed by atoms with Gasteiger partial charge in [-0.05, 0) is 47.4 Å². The summed E-state index contributed by atoms with van der Waals surface area (Å²) in [7, 11) is 1.68. The second kappa shape index (κ2) is 10.4. The first-order chi connectivity index (χ1) is 8.83. The van der Waals surface area contributed by atoms with E-state index in [1.165, 1.54) is 0 Å². The van der Waals surface area contributed by atoms with Crippen molar-refractivity contribution >= 4 is 15.9 Å². The molecule has 0 saturated heterocycles. The molecule has 1 aromatic heterocycles. The van der Waals surface area contributed by atoms with Crippen molar-refractivity contribution in [2.75, 3.05) is 33.5 Å². The number of aromatic nitrogens is 1. The highest BCUT2D eigenvalue weighted by Crippen LogP contribution is 2.05. The second-order valence-corrected chi connectivity index (χ2v) is 4.75. The number of pyridine rings is 1. The Morgan fingerprint density at radius 3 is 2.89 bits per heavy atom. The zero-order valence-electron chi connectivity index (χ0n) is 10.8. The third kappa shape index (κ3) is 7.76. The van der Waals surface area contributed by atoms with Crippen LogP contribution in [0.3, 0.4) is 0 Å². The molecule has 0 bridgehead atoms. The van der Waals surface area contributed by atoms with Crippen LogP contribution in [0.4, 0.5) is 0 Å². The van der Waals surface area contributed by atoms with Gasteiger partial charge in [-0.25, -0.2) is 4.98 Å². The first kappa shape index (κ1) is 15.6. The summed E-state index contributed by atoms with van der Waals surface area (Å²) in [6.07, 6.45) is 2.18. The van der Waals surface area contributed by atoms with Crippen molar-refractivity contribution in [3.63, 3.8) is 0 Å². The molecule has 0 aliphatic rings. The topological polar surface area (TPSA) is 43.4 Å². The van der Waals surface area contributed by atoms with Crippen LogP contribution in [-0.2, 0) is 16.0 Å². The number of nitrogens with one attached hydrogen (secondary N) is 1. The van der Waals surface area contributed by atoms with Crippen LogP contribution in [0.2, 0.25) is 0 Å². The zero-order chi connectivity index (χ0) is 13.1. The van der Waals surface area contributed by atoms with E-state index in [0.29, 0.717) is 13.2 Å². The normalized spacial score (nSPS) is 10.8. The fourth-order valence-corrected chi connectivity index (χ4v) is 1.84. The van der Waals surface area contributed by atoms with Gasteiger partial charge in [-0.1, -0.05) is 6.07 Å². The van der Waals surface area contributed by atoms with E-state index < -0.39 is 0 Å². The minimum atomic E-state index is 0.673. The Morgan fingerprint density at radius 2 is 2.11 bits per heavy atom. The van der Waals surface area contributed by atoms with Crippen LogP contribution in [0, 0.1) is 0 Å². The molecule has 1 heterocycles. The molecule has 0 fully saturated rings. The van der Waals surface area contributed by atoms with Gasteiger partial charge in [0.05, 0.1) is 18.9 Å². The number of methoxy groups -OCH3 is 1. The lowest BCUT2D eigenvalue weighted by molar-refractivity contribution is 0.0688. The van der Waals surface area contributed by atoms with E-state index in [0.717, 1.165) is 42.8 Å². The lowest BCUT2D eigenvalue weighted by atomic mass is 10.3. The smallest absolute Gasteiger partial charge is 0.106 e. The van der Waals surface area contributed by atoms with E-state index in [9.17, 15) is 0 Å². The molecule has 0 radical (unpaired) electrons. The molecule has 0 aromatic carbocycles. The van der Waals surface area contributed by atoms with Gasteiger partial charge in [0.1, 0.15) is 4.60 Å². The molecular weight excluding hydrogens is 296 g/mol. The van der Waals surface area contributed by atoms with Gasteiger partial charge in [0.15, 0.2) is 0 Å². The molecule has 0 aliphatic heterocycles. The van der Waals surface area contributed by atoms with Crippen molar-refractivity contribution in [1.82, 2.24) is 10.3 Å². The van der Waals surface area contributed by atoms with Crippen molar-refractivity contribution in [2.45, 2.75) is 19.4 Å². The largest absolute Gasteiger partial charge is 0.382 e. The fourth-order valence-electron chi connectivity index (χ4n) is 1.46. The number of hydrogen-bond donors (Lipinski definition) is 1. The Hall–Kier alpha value is -0.490. The molecule has 0 unspecified atom stereocenters. The van der Waals surface area contributed by atoms with Crippen molar-refractivity contribution in [3.05, 3.63) is 28.5 Å². The summed E-state index contributed by atoms with van der Waals surface area (Å²) in [5.74, 6) is 0. The van der Waals surface area contributed by atoms with Crippen LogP contribution in [0.15, 0.2) is 22.8 Å². The summed E-state index contributed by atoms with van der Waals surface area (Å²) in [4.78, 5) is 4.36. The summed E-state index contributed by atoms with van der Waals surface area (Å²) in [6.45, 7) is 3.96. The number of halogens is 1. The molecule has 0 aliphatic carbocycles. The van der Waals surface area contributed by atoms with E-state index in [1.807, 2.05) is 18.2 Å². The van der Waals surface area contributed by atoms with Gasteiger partial charge in [-0.3, -0.25) is 0 Å². The summed E-state index contributed by atoms with van der Waals surface area (Å²) in [5, 5.41) is 3.37. The molecular formula is C13H21BrN2O2. The number of rotatable bonds is 10. The van der Waals surface area contributed by atoms with Crippen molar-refractivity contribution < 1.29 is 9.47 Å². The number of hydrogen-bond acceptors (Lipinski definition) is 4. The molecule has 4 nitrogen and oxygen atoms in total. The highest BCUT2D eigenvalue weighted by Gasteiger charge is 1.95. The van der Waals surface area contributed by atoms with Crippen molar-refractivity contribution in [2.24, 2.45) is 0 Å². The summed E-state index contributed by atoms with van der Waals surface area (Å²) in [6, 6.07) is 5.95. The highest BCUT2D eigenvalue weighted by atomic mass is 79.9. The van der Waals surface area contributed by atoms with Crippen LogP contribution in [0.25, 0.3) is 0 Å². The zero-order valence-corrected chi connectivity index (χ0v) is 12.4. The first-order valence-electron chi connectivity index (χ1n) is 6.22. The second-order valence-electron chi connectivity index (χ2n) is 3.94. The molecule has 1 N–H and O–H groups in total. The molecule has 102 valence electrons. The predicted molar refractivity (Wildman–Crippen MR) is 75.6 cm³/mol. The predicted octanol–water partition coefficient (Wildman–Crippen LogP) is 2.38. The maximum absolute atomic E-state index is 5.38. The fraction of sp³-hybridized carbons (Fsp3) is 0.615. The van der Waals surface area contributed by atoms with E-state index in [-0.39, 0.29) is 0 Å². The van der Waals surface area contributed by atoms with Gasteiger partial charge < -0.3 is 14.8 Å². The monoisotopic (exact) mass is 316 g/mol. The molecule has 18 heavy (non-hydrogen) atoms. The molecule has 1 aromatic rings. The van der Waals surface area contributed by atoms with E-state index in [2.05, 4.69) is 26.2 Å². The Kier molecular flexibility index (Phi) is 9.02. The quantitative estimate of drug-likeness (QED) is 0.531. The third-order valence-corrected chi connectivity index (χ3v) is 2.84. The standard InChI is InChI=1S/C13H21BrN2O2/c1-17-9-10-18-8-3-2-7-15-11-12-5-4-6-13(14)16-12/h4-6,15H,2-3,7-11H2,1H3. The molecule has 0 atom stereocenters. The highest BCUT2D eigenvalue weighted by molar-refractivity contribution is 9.10. The number of nitrogens with zero attached hydrogens (tertiary/aromatic N) is 1. The summed E-state index contributed by atoms with van der Waals surface area (Å²) in [5.41, 5.74) is 1.06. The third-order valence-electron chi connectivity index (χ3n) is 2.40. The Labute approximate surface area is 117 Å². The SMILES string of the molecule is COCCOCCCCNCc1cccc(Br)n1. The van der Waals surface area contributed by atoms with Gasteiger partial charge in [0.25, 0.3) is 0 Å². The lowest BCUT2D eigenvalue weighted by Gasteiger charge is -2.05. The van der Waals surface area contributed by atoms with Crippen molar-refractivity contribution in [3.8, 4) is 0 Å². The molecule has 0 saturated carbocycles. The first-order valence-corrected chi connectivity index (χ1v) is 7.01. The van der Waals surface area contributed by atoms with Gasteiger partial charge in [-0.15, -0.1) is 0 Å². The summed E-state index contributed by atoms with van der Waals surface area (Å²) >= 11 is 3.36. The Bertz CT molecular complexity index is 324. The molecule has 0 amide bonds. The van der Waals surface area contributed by atoms with Gasteiger partial charge in [0, 0.05) is 20.3 Å². The summed E-state index contributed by atoms with van der Waals surface area (Å²) < 4.78 is 11.2. The average Bonchev–Trinajstić information content (AvgIpc) is 2.37. The number of ether oxygens (including phenoxy) is 2. The number of unbranched alkanes of at least 4 members (excludes halogenated alkanes) is 1. The van der Waals surface area contributed by atoms with Crippen LogP contribution >= 0.6 is 15.9 Å². The van der Waals surface area contributed by atoms with Crippen LogP contribution < -0.4 is 5.32 Å². The van der Waals surface area contributed by atoms with Crippen LogP contribution in [0.5, 0.6) is 0 Å². The van der Waals surface area contributed by atoms with Crippen LogP contribution in [-0.4, -0.2) is 38.5 Å². The molecule has 5 heteroatoms. The minimum Gasteiger partial charge on any atom is -0.382 e. The van der Waals surface area contributed by atoms with Gasteiger partial charge in [0.2, 0.25) is 0 Å². The Morgan fingerprint density at radius 1 is 1.22 bits per heavy atom. The van der Waals surface area contributed by atoms with Gasteiger partial charge >= 0.3 is 0 Å². The average molecular weight is 317 g/mol. The van der Waals surface area contributed by atoms with E-state index >= 15 is 0 Å². The minimum absolute atomic E-state index is 0.673. The van der Waals surface area contributed by atoms with E-state index in [4.69, 9.17) is 9.47 Å². The Balaban J connectivity index is 1.92. The van der Waals surface area contributed by atoms with Crippen molar-refractivity contribution in [1.29, 1.82) is 0 Å². The lowest BCUT2D eigenvalue weighted by Crippen LogP contribution is -2.16. The molecule has 0 spiro atoms. The molecule has 1 rings (SSSR count). The van der Waals surface area contributed by atoms with E-state index in [1.54, 1.807) is 7.11 Å². The maximum atomic E-state index is 5.38. The van der Waals surface area contributed by atoms with Crippen LogP contribution in [0.1, 0.15) is 18.5 Å². The van der Waals surface area contributed by atoms with Gasteiger partial charge in [-0.2, -0.15) is 0 Å². The maximum Gasteiger partial charge on any atom is 0.106 e.